The highest BCUT2D eigenvalue weighted by molar-refractivity contribution is 5.65. The fourth-order valence-corrected chi connectivity index (χ4v) is 3.01. The molecule has 0 radical (unpaired) electrons. The Labute approximate surface area is 178 Å². The fourth-order valence-electron chi connectivity index (χ4n) is 3.01. The zero-order valence-electron chi connectivity index (χ0n) is 16.4. The summed E-state index contributed by atoms with van der Waals surface area (Å²) in [6.07, 6.45) is 4.28. The van der Waals surface area contributed by atoms with E-state index in [2.05, 4.69) is 25.7 Å². The van der Waals surface area contributed by atoms with Crippen molar-refractivity contribution in [3.05, 3.63) is 78.8 Å². The van der Waals surface area contributed by atoms with Crippen molar-refractivity contribution < 1.29 is 15.0 Å². The molecule has 0 aliphatic heterocycles. The van der Waals surface area contributed by atoms with Crippen LogP contribution < -0.4 is 10.6 Å². The van der Waals surface area contributed by atoms with Gasteiger partial charge in [-0.15, -0.1) is 5.10 Å². The molecule has 0 fully saturated rings. The highest BCUT2D eigenvalue weighted by Crippen LogP contribution is 2.25. The second kappa shape index (κ2) is 8.95. The van der Waals surface area contributed by atoms with E-state index in [0.29, 0.717) is 23.8 Å². The lowest BCUT2D eigenvalue weighted by atomic mass is 10.1. The number of hydrogen-bond acceptors (Lipinski definition) is 8. The van der Waals surface area contributed by atoms with Crippen LogP contribution in [-0.2, 0) is 11.2 Å². The van der Waals surface area contributed by atoms with E-state index in [1.54, 1.807) is 35.4 Å². The molecule has 4 rings (SSSR count). The van der Waals surface area contributed by atoms with E-state index >= 15 is 0 Å². The normalized spacial score (nSPS) is 11.6. The van der Waals surface area contributed by atoms with Gasteiger partial charge >= 0.3 is 0 Å². The maximum Gasteiger partial charge on any atom is 0.246 e. The third kappa shape index (κ3) is 4.96. The summed E-state index contributed by atoms with van der Waals surface area (Å²) in [5.74, 6) is 0.511. The number of hydrogen-bond donors (Lipinski definition) is 4. The number of carbonyl (C=O) groups is 1. The molecular weight excluding hydrogens is 396 g/mol. The maximum atomic E-state index is 11.6. The third-order valence-electron chi connectivity index (χ3n) is 4.52. The molecule has 156 valence electrons. The molecule has 2 aromatic heterocycles. The van der Waals surface area contributed by atoms with Crippen molar-refractivity contribution in [2.45, 2.75) is 12.5 Å². The summed E-state index contributed by atoms with van der Waals surface area (Å²) >= 11 is 0. The number of pyridine rings is 1. The Morgan fingerprint density at radius 1 is 1.00 bits per heavy atom. The van der Waals surface area contributed by atoms with Crippen LogP contribution in [0.4, 0.5) is 17.5 Å². The number of aldehydes is 1. The summed E-state index contributed by atoms with van der Waals surface area (Å²) in [7, 11) is 0. The van der Waals surface area contributed by atoms with Gasteiger partial charge in [0.1, 0.15) is 18.4 Å². The molecule has 2 aromatic carbocycles. The lowest BCUT2D eigenvalue weighted by molar-refractivity contribution is -0.108. The van der Waals surface area contributed by atoms with Crippen LogP contribution in [0.25, 0.3) is 5.69 Å². The van der Waals surface area contributed by atoms with E-state index in [-0.39, 0.29) is 11.5 Å². The Hall–Kier alpha value is -4.40. The summed E-state index contributed by atoms with van der Waals surface area (Å²) in [6.45, 7) is 0. The summed E-state index contributed by atoms with van der Waals surface area (Å²) in [6, 6.07) is 17.0. The highest BCUT2D eigenvalue weighted by atomic mass is 16.3. The van der Waals surface area contributed by atoms with Crippen LogP contribution >= 0.6 is 0 Å². The van der Waals surface area contributed by atoms with E-state index in [9.17, 15) is 15.0 Å². The van der Waals surface area contributed by atoms with Gasteiger partial charge in [0.05, 0.1) is 11.7 Å². The number of rotatable bonds is 8. The summed E-state index contributed by atoms with van der Waals surface area (Å²) in [4.78, 5) is 20.1. The molecule has 0 bridgehead atoms. The van der Waals surface area contributed by atoms with Crippen molar-refractivity contribution in [3.63, 3.8) is 0 Å². The zero-order chi connectivity index (χ0) is 21.6. The molecule has 4 aromatic rings. The van der Waals surface area contributed by atoms with Crippen LogP contribution in [0, 0.1) is 0 Å². The van der Waals surface area contributed by atoms with Gasteiger partial charge in [-0.1, -0.05) is 24.3 Å². The van der Waals surface area contributed by atoms with Crippen LogP contribution in [0.1, 0.15) is 5.56 Å². The first-order valence-electron chi connectivity index (χ1n) is 9.53. The molecule has 0 saturated carbocycles. The maximum absolute atomic E-state index is 11.6. The second-order valence-corrected chi connectivity index (χ2v) is 6.82. The zero-order valence-corrected chi connectivity index (χ0v) is 16.4. The average molecular weight is 416 g/mol. The van der Waals surface area contributed by atoms with Crippen LogP contribution in [0.5, 0.6) is 11.5 Å². The number of para-hydroxylation sites is 1. The standard InChI is InChI=1S/C22H20N6O3/c29-13-17(10-15-6-7-19(30)20(31)11-15)25-21-12-18(8-9-23-21)28-14-24-22(27-28)26-16-4-2-1-3-5-16/h1-9,11-14,17,30-31H,10H2,(H,23,25)(H,26,27)/t17-/m0/s1. The highest BCUT2D eigenvalue weighted by Gasteiger charge is 2.12. The van der Waals surface area contributed by atoms with Crippen molar-refractivity contribution in [2.75, 3.05) is 10.6 Å². The molecule has 0 aliphatic carbocycles. The van der Waals surface area contributed by atoms with Crippen molar-refractivity contribution in [2.24, 2.45) is 0 Å². The Kier molecular flexibility index (Phi) is 5.75. The number of benzene rings is 2. The van der Waals surface area contributed by atoms with E-state index in [1.807, 2.05) is 30.3 Å². The fraction of sp³-hybridized carbons (Fsp3) is 0.0909. The molecule has 0 amide bonds. The Bertz CT molecular complexity index is 1180. The number of anilines is 3. The van der Waals surface area contributed by atoms with Crippen molar-refractivity contribution in [3.8, 4) is 17.2 Å². The number of nitrogens with zero attached hydrogens (tertiary/aromatic N) is 4. The Morgan fingerprint density at radius 3 is 2.61 bits per heavy atom. The molecule has 0 saturated heterocycles. The first-order chi connectivity index (χ1) is 15.1. The average Bonchev–Trinajstić information content (AvgIpc) is 3.25. The number of aromatic nitrogens is 4. The van der Waals surface area contributed by atoms with Crippen molar-refractivity contribution in [1.82, 2.24) is 19.7 Å². The predicted molar refractivity (Wildman–Crippen MR) is 116 cm³/mol. The Morgan fingerprint density at radius 2 is 1.84 bits per heavy atom. The molecule has 1 atom stereocenters. The molecule has 9 heteroatoms. The monoisotopic (exact) mass is 416 g/mol. The lowest BCUT2D eigenvalue weighted by Crippen LogP contribution is -2.24. The van der Waals surface area contributed by atoms with E-state index in [1.165, 1.54) is 12.1 Å². The van der Waals surface area contributed by atoms with Gasteiger partial charge in [-0.3, -0.25) is 0 Å². The molecule has 0 spiro atoms. The number of nitrogens with one attached hydrogen (secondary N) is 2. The first kappa shape index (κ1) is 19.9. The van der Waals surface area contributed by atoms with Gasteiger partial charge in [-0.05, 0) is 42.3 Å². The number of carbonyl (C=O) groups excluding carboxylic acids is 1. The van der Waals surface area contributed by atoms with E-state index in [4.69, 9.17) is 0 Å². The summed E-state index contributed by atoms with van der Waals surface area (Å²) in [5.41, 5.74) is 2.30. The lowest BCUT2D eigenvalue weighted by Gasteiger charge is -2.14. The van der Waals surface area contributed by atoms with Crippen molar-refractivity contribution >= 4 is 23.7 Å². The molecule has 0 unspecified atom stereocenters. The molecule has 4 N–H and O–H groups in total. The van der Waals surface area contributed by atoms with Crippen molar-refractivity contribution in [1.29, 1.82) is 0 Å². The van der Waals surface area contributed by atoms with Gasteiger partial charge in [0.2, 0.25) is 5.95 Å². The Balaban J connectivity index is 1.46. The quantitative estimate of drug-likeness (QED) is 0.255. The largest absolute Gasteiger partial charge is 0.504 e. The first-order valence-corrected chi connectivity index (χ1v) is 9.53. The summed E-state index contributed by atoms with van der Waals surface area (Å²) in [5, 5.41) is 29.7. The molecule has 9 nitrogen and oxygen atoms in total. The predicted octanol–water partition coefficient (Wildman–Crippen LogP) is 3.04. The van der Waals surface area contributed by atoms with Gasteiger partial charge in [-0.25, -0.2) is 9.67 Å². The summed E-state index contributed by atoms with van der Waals surface area (Å²) < 4.78 is 1.60. The van der Waals surface area contributed by atoms with Gasteiger partial charge < -0.3 is 25.6 Å². The topological polar surface area (TPSA) is 125 Å². The molecule has 31 heavy (non-hydrogen) atoms. The van der Waals surface area contributed by atoms with Gasteiger partial charge in [0.15, 0.2) is 11.5 Å². The van der Waals surface area contributed by atoms with E-state index < -0.39 is 6.04 Å². The number of aromatic hydroxyl groups is 2. The van der Waals surface area contributed by atoms with Crippen LogP contribution in [0.15, 0.2) is 73.2 Å². The minimum atomic E-state index is -0.572. The minimum Gasteiger partial charge on any atom is -0.504 e. The number of phenolic OH excluding ortho intramolecular Hbond substituents is 2. The second-order valence-electron chi connectivity index (χ2n) is 6.82. The van der Waals surface area contributed by atoms with E-state index in [0.717, 1.165) is 17.7 Å². The van der Waals surface area contributed by atoms with Crippen LogP contribution in [-0.4, -0.2) is 42.3 Å². The number of phenols is 2. The molecule has 0 aliphatic rings. The van der Waals surface area contributed by atoms with Crippen LogP contribution in [0.3, 0.4) is 0 Å². The molecule has 2 heterocycles. The SMILES string of the molecule is O=C[C@H](Cc1ccc(O)c(O)c1)Nc1cc(-n2cnc(Nc3ccccc3)n2)ccn1. The van der Waals surface area contributed by atoms with Crippen LogP contribution in [0.2, 0.25) is 0 Å². The molecular formula is C22H20N6O3. The third-order valence-corrected chi connectivity index (χ3v) is 4.52. The van der Waals surface area contributed by atoms with Gasteiger partial charge in [0.25, 0.3) is 0 Å². The smallest absolute Gasteiger partial charge is 0.246 e. The minimum absolute atomic E-state index is 0.206. The van der Waals surface area contributed by atoms with Gasteiger partial charge in [0, 0.05) is 18.0 Å². The van der Waals surface area contributed by atoms with Gasteiger partial charge in [-0.2, -0.15) is 4.98 Å².